The predicted octanol–water partition coefficient (Wildman–Crippen LogP) is 4.31. The van der Waals surface area contributed by atoms with Crippen molar-refractivity contribution < 1.29 is 4.79 Å². The lowest BCUT2D eigenvalue weighted by Crippen LogP contribution is -2.45. The van der Waals surface area contributed by atoms with Crippen LogP contribution in [0.3, 0.4) is 0 Å². The zero-order chi connectivity index (χ0) is 12.8. The summed E-state index contributed by atoms with van der Waals surface area (Å²) in [7, 11) is 0. The van der Waals surface area contributed by atoms with E-state index in [2.05, 4.69) is 56.3 Å². The van der Waals surface area contributed by atoms with E-state index in [1.807, 2.05) is 0 Å². The standard InChI is InChI=1S/C17H18O/c1-3-17(2)15(11-16(17)18)14-10-6-8-12-7-4-5-9-13(12)14/h4-10,15H,3,11H2,1-2H3. The van der Waals surface area contributed by atoms with Gasteiger partial charge in [0.15, 0.2) is 0 Å². The zero-order valence-corrected chi connectivity index (χ0v) is 10.9. The third-order valence-corrected chi connectivity index (χ3v) is 4.73. The van der Waals surface area contributed by atoms with Crippen LogP contribution in [0.25, 0.3) is 10.8 Å². The van der Waals surface area contributed by atoms with Gasteiger partial charge in [-0.25, -0.2) is 0 Å². The van der Waals surface area contributed by atoms with Crippen molar-refractivity contribution >= 4 is 16.6 Å². The van der Waals surface area contributed by atoms with Crippen LogP contribution in [-0.4, -0.2) is 5.78 Å². The van der Waals surface area contributed by atoms with Crippen molar-refractivity contribution in [3.63, 3.8) is 0 Å². The van der Waals surface area contributed by atoms with E-state index in [4.69, 9.17) is 0 Å². The van der Waals surface area contributed by atoms with E-state index in [9.17, 15) is 4.79 Å². The predicted molar refractivity (Wildman–Crippen MR) is 74.7 cm³/mol. The number of rotatable bonds is 2. The summed E-state index contributed by atoms with van der Waals surface area (Å²) in [4.78, 5) is 11.9. The van der Waals surface area contributed by atoms with Crippen molar-refractivity contribution in [2.24, 2.45) is 5.41 Å². The molecule has 0 spiro atoms. The molecule has 1 fully saturated rings. The Bertz CT molecular complexity index is 609. The summed E-state index contributed by atoms with van der Waals surface area (Å²) in [5.74, 6) is 0.809. The Hall–Kier alpha value is -1.63. The molecule has 0 heterocycles. The molecule has 92 valence electrons. The Kier molecular flexibility index (Phi) is 2.51. The van der Waals surface area contributed by atoms with E-state index in [0.717, 1.165) is 6.42 Å². The van der Waals surface area contributed by atoms with Gasteiger partial charge in [-0.1, -0.05) is 56.3 Å². The van der Waals surface area contributed by atoms with Crippen LogP contribution in [0.4, 0.5) is 0 Å². The SMILES string of the molecule is CCC1(C)C(=O)CC1c1cccc2ccccc12. The van der Waals surface area contributed by atoms with Gasteiger partial charge in [0.1, 0.15) is 5.78 Å². The van der Waals surface area contributed by atoms with Crippen molar-refractivity contribution in [2.75, 3.05) is 0 Å². The lowest BCUT2D eigenvalue weighted by atomic mass is 9.56. The number of ketones is 1. The molecule has 0 amide bonds. The maximum atomic E-state index is 11.9. The maximum absolute atomic E-state index is 11.9. The first kappa shape index (κ1) is 11.5. The number of carbonyl (C=O) groups excluding carboxylic acids is 1. The minimum absolute atomic E-state index is 0.149. The Morgan fingerprint density at radius 1 is 1.17 bits per heavy atom. The Morgan fingerprint density at radius 3 is 2.61 bits per heavy atom. The number of Topliss-reactive ketones (excluding diaryl/α,β-unsaturated/α-hetero) is 1. The van der Waals surface area contributed by atoms with Crippen LogP contribution in [0.2, 0.25) is 0 Å². The average molecular weight is 238 g/mol. The quantitative estimate of drug-likeness (QED) is 0.761. The molecule has 0 N–H and O–H groups in total. The van der Waals surface area contributed by atoms with Gasteiger partial charge in [0.25, 0.3) is 0 Å². The molecular weight excluding hydrogens is 220 g/mol. The zero-order valence-electron chi connectivity index (χ0n) is 10.9. The van der Waals surface area contributed by atoms with Crippen molar-refractivity contribution in [3.8, 4) is 0 Å². The lowest BCUT2D eigenvalue weighted by Gasteiger charge is -2.45. The molecule has 3 rings (SSSR count). The van der Waals surface area contributed by atoms with Crippen molar-refractivity contribution in [2.45, 2.75) is 32.6 Å². The topological polar surface area (TPSA) is 17.1 Å². The fourth-order valence-electron chi connectivity index (χ4n) is 3.16. The number of fused-ring (bicyclic) bond motifs is 1. The molecule has 0 aliphatic heterocycles. The summed E-state index contributed by atoms with van der Waals surface area (Å²) in [6.07, 6.45) is 1.64. The molecule has 0 radical (unpaired) electrons. The Morgan fingerprint density at radius 2 is 1.89 bits per heavy atom. The van der Waals surface area contributed by atoms with Crippen molar-refractivity contribution in [1.29, 1.82) is 0 Å². The maximum Gasteiger partial charge on any atom is 0.140 e. The molecule has 1 aliphatic carbocycles. The van der Waals surface area contributed by atoms with Crippen LogP contribution in [0.5, 0.6) is 0 Å². The molecule has 0 saturated heterocycles. The van der Waals surface area contributed by atoms with Crippen molar-refractivity contribution in [3.05, 3.63) is 48.0 Å². The van der Waals surface area contributed by atoms with Gasteiger partial charge in [0.2, 0.25) is 0 Å². The second-order valence-electron chi connectivity index (χ2n) is 5.52. The van der Waals surface area contributed by atoms with E-state index in [-0.39, 0.29) is 5.41 Å². The molecule has 1 nitrogen and oxygen atoms in total. The van der Waals surface area contributed by atoms with E-state index in [0.29, 0.717) is 18.1 Å². The molecule has 0 bridgehead atoms. The summed E-state index contributed by atoms with van der Waals surface area (Å²) < 4.78 is 0. The van der Waals surface area contributed by atoms with Crippen LogP contribution in [-0.2, 0) is 4.79 Å². The second-order valence-corrected chi connectivity index (χ2v) is 5.52. The number of benzene rings is 2. The molecule has 2 unspecified atom stereocenters. The van der Waals surface area contributed by atoms with Gasteiger partial charge in [-0.15, -0.1) is 0 Å². The van der Waals surface area contributed by atoms with Gasteiger partial charge >= 0.3 is 0 Å². The third kappa shape index (κ3) is 1.43. The smallest absolute Gasteiger partial charge is 0.140 e. The summed E-state index contributed by atoms with van der Waals surface area (Å²) in [5, 5.41) is 2.57. The first-order valence-electron chi connectivity index (χ1n) is 6.68. The number of hydrogen-bond acceptors (Lipinski definition) is 1. The monoisotopic (exact) mass is 238 g/mol. The molecule has 1 saturated carbocycles. The third-order valence-electron chi connectivity index (χ3n) is 4.73. The van der Waals surface area contributed by atoms with E-state index >= 15 is 0 Å². The summed E-state index contributed by atoms with van der Waals surface area (Å²) in [6, 6.07) is 14.9. The van der Waals surface area contributed by atoms with Gasteiger partial charge in [-0.05, 0) is 22.8 Å². The van der Waals surface area contributed by atoms with E-state index < -0.39 is 0 Å². The number of carbonyl (C=O) groups is 1. The van der Waals surface area contributed by atoms with Gasteiger partial charge in [0.05, 0.1) is 0 Å². The van der Waals surface area contributed by atoms with Gasteiger partial charge in [0, 0.05) is 17.8 Å². The molecule has 0 aromatic heterocycles. The highest BCUT2D eigenvalue weighted by atomic mass is 16.1. The minimum Gasteiger partial charge on any atom is -0.299 e. The first-order valence-corrected chi connectivity index (χ1v) is 6.68. The molecule has 2 atom stereocenters. The van der Waals surface area contributed by atoms with Crippen molar-refractivity contribution in [1.82, 2.24) is 0 Å². The van der Waals surface area contributed by atoms with Gasteiger partial charge < -0.3 is 0 Å². The molecule has 2 aromatic rings. The Labute approximate surface area is 108 Å². The average Bonchev–Trinajstić information content (AvgIpc) is 2.43. The highest BCUT2D eigenvalue weighted by Gasteiger charge is 2.50. The first-order chi connectivity index (χ1) is 8.66. The molecule has 18 heavy (non-hydrogen) atoms. The largest absolute Gasteiger partial charge is 0.299 e. The van der Waals surface area contributed by atoms with Crippen LogP contribution in [0.1, 0.15) is 38.2 Å². The fraction of sp³-hybridized carbons (Fsp3) is 0.353. The summed E-state index contributed by atoms with van der Waals surface area (Å²) in [6.45, 7) is 4.24. The molecule has 2 aromatic carbocycles. The van der Waals surface area contributed by atoms with Crippen LogP contribution >= 0.6 is 0 Å². The molecular formula is C17H18O. The minimum atomic E-state index is -0.149. The van der Waals surface area contributed by atoms with Gasteiger partial charge in [-0.2, -0.15) is 0 Å². The lowest BCUT2D eigenvalue weighted by molar-refractivity contribution is -0.139. The van der Waals surface area contributed by atoms with E-state index in [1.54, 1.807) is 0 Å². The van der Waals surface area contributed by atoms with Crippen LogP contribution in [0, 0.1) is 5.41 Å². The Balaban J connectivity index is 2.14. The highest BCUT2D eigenvalue weighted by Crippen LogP contribution is 2.53. The highest BCUT2D eigenvalue weighted by molar-refractivity contribution is 5.96. The summed E-state index contributed by atoms with van der Waals surface area (Å²) >= 11 is 0. The fourth-order valence-corrected chi connectivity index (χ4v) is 3.16. The second kappa shape index (κ2) is 3.94. The molecule has 1 aliphatic rings. The van der Waals surface area contributed by atoms with Gasteiger partial charge in [-0.3, -0.25) is 4.79 Å². The summed E-state index contributed by atoms with van der Waals surface area (Å²) in [5.41, 5.74) is 1.20. The van der Waals surface area contributed by atoms with Crippen LogP contribution in [0.15, 0.2) is 42.5 Å². The van der Waals surface area contributed by atoms with E-state index in [1.165, 1.54) is 16.3 Å². The molecule has 1 heteroatoms. The number of hydrogen-bond donors (Lipinski definition) is 0. The van der Waals surface area contributed by atoms with Crippen LogP contribution < -0.4 is 0 Å². The normalized spacial score (nSPS) is 27.2.